The van der Waals surface area contributed by atoms with Crippen molar-refractivity contribution in [2.24, 2.45) is 10.9 Å². The van der Waals surface area contributed by atoms with Gasteiger partial charge in [-0.25, -0.2) is 0 Å². The minimum atomic E-state index is -0.414. The molecular formula is C15H27Cl2N3O2. The smallest absolute Gasteiger partial charge is 0.143 e. The Morgan fingerprint density at radius 1 is 1.18 bits per heavy atom. The maximum Gasteiger partial charge on any atom is 0.143 e. The van der Waals surface area contributed by atoms with Crippen LogP contribution in [0.4, 0.5) is 0 Å². The van der Waals surface area contributed by atoms with E-state index in [2.05, 4.69) is 23.9 Å². The molecule has 1 rings (SSSR count). The lowest BCUT2D eigenvalue weighted by Gasteiger charge is -2.22. The normalized spacial score (nSPS) is 12.5. The van der Waals surface area contributed by atoms with Gasteiger partial charge in [0.1, 0.15) is 5.84 Å². The third-order valence-electron chi connectivity index (χ3n) is 3.44. The number of aliphatic hydroxyl groups excluding tert-OH is 1. The second-order valence-corrected chi connectivity index (χ2v) is 4.88. The standard InChI is InChI=1S/C15H25N3O2.2ClH/c1-3-18(4-2)11-14(19)9-12-7-5-6-8-13(12)10-15(16)17-20;;/h5-8,14,19-20H,3-4,9-11H2,1-2H3,(H2,16,17);2*1H. The van der Waals surface area contributed by atoms with Gasteiger partial charge in [0, 0.05) is 13.0 Å². The Hall–Kier alpha value is -1.01. The molecule has 0 saturated heterocycles. The van der Waals surface area contributed by atoms with Crippen LogP contribution >= 0.6 is 24.8 Å². The van der Waals surface area contributed by atoms with Gasteiger partial charge in [-0.2, -0.15) is 0 Å². The molecule has 0 radical (unpaired) electrons. The minimum Gasteiger partial charge on any atom is -0.409 e. The molecule has 1 atom stereocenters. The van der Waals surface area contributed by atoms with Crippen LogP contribution in [0.2, 0.25) is 0 Å². The first-order chi connectivity index (χ1) is 9.60. The summed E-state index contributed by atoms with van der Waals surface area (Å²) in [7, 11) is 0. The summed E-state index contributed by atoms with van der Waals surface area (Å²) in [5, 5.41) is 21.9. The molecule has 0 amide bonds. The maximum atomic E-state index is 10.2. The van der Waals surface area contributed by atoms with Crippen LogP contribution in [0.3, 0.4) is 0 Å². The summed E-state index contributed by atoms with van der Waals surface area (Å²) in [5.41, 5.74) is 7.59. The van der Waals surface area contributed by atoms with Crippen LogP contribution in [0, 0.1) is 0 Å². The van der Waals surface area contributed by atoms with Crippen molar-refractivity contribution in [3.05, 3.63) is 35.4 Å². The molecular weight excluding hydrogens is 325 g/mol. The molecule has 22 heavy (non-hydrogen) atoms. The molecule has 0 bridgehead atoms. The van der Waals surface area contributed by atoms with E-state index in [1.165, 1.54) is 0 Å². The summed E-state index contributed by atoms with van der Waals surface area (Å²) in [6.45, 7) is 6.69. The van der Waals surface area contributed by atoms with Crippen molar-refractivity contribution in [2.45, 2.75) is 32.8 Å². The number of halogens is 2. The average Bonchev–Trinajstić information content (AvgIpc) is 2.46. The third kappa shape index (κ3) is 7.84. The molecule has 0 saturated carbocycles. The maximum absolute atomic E-state index is 10.2. The first kappa shape index (κ1) is 23.3. The first-order valence-corrected chi connectivity index (χ1v) is 7.04. The second kappa shape index (κ2) is 12.5. The number of benzene rings is 1. The van der Waals surface area contributed by atoms with Gasteiger partial charge in [0.05, 0.1) is 6.10 Å². The molecule has 0 heterocycles. The molecule has 1 aromatic carbocycles. The molecule has 0 aliphatic carbocycles. The predicted molar refractivity (Wildman–Crippen MR) is 95.5 cm³/mol. The Labute approximate surface area is 145 Å². The number of rotatable bonds is 8. The Morgan fingerprint density at radius 2 is 1.73 bits per heavy atom. The minimum absolute atomic E-state index is 0. The molecule has 1 unspecified atom stereocenters. The van der Waals surface area contributed by atoms with Crippen molar-refractivity contribution in [1.82, 2.24) is 4.90 Å². The van der Waals surface area contributed by atoms with Gasteiger partial charge in [-0.05, 0) is 30.6 Å². The summed E-state index contributed by atoms with van der Waals surface area (Å²) in [4.78, 5) is 2.19. The number of nitrogens with zero attached hydrogens (tertiary/aromatic N) is 2. The first-order valence-electron chi connectivity index (χ1n) is 7.04. The molecule has 1 aromatic rings. The van der Waals surface area contributed by atoms with Crippen molar-refractivity contribution in [3.63, 3.8) is 0 Å². The largest absolute Gasteiger partial charge is 0.409 e. The molecule has 5 nitrogen and oxygen atoms in total. The number of oxime groups is 1. The van der Waals surface area contributed by atoms with Gasteiger partial charge >= 0.3 is 0 Å². The van der Waals surface area contributed by atoms with Gasteiger partial charge in [-0.1, -0.05) is 43.3 Å². The predicted octanol–water partition coefficient (Wildman–Crippen LogP) is 2.06. The molecule has 4 N–H and O–H groups in total. The van der Waals surface area contributed by atoms with Crippen molar-refractivity contribution < 1.29 is 10.3 Å². The van der Waals surface area contributed by atoms with Crippen molar-refractivity contribution in [3.8, 4) is 0 Å². The molecule has 128 valence electrons. The summed E-state index contributed by atoms with van der Waals surface area (Å²) in [6.07, 6.45) is 0.555. The lowest BCUT2D eigenvalue weighted by atomic mass is 9.99. The highest BCUT2D eigenvalue weighted by molar-refractivity contribution is 5.85. The van der Waals surface area contributed by atoms with Crippen LogP contribution in [0.25, 0.3) is 0 Å². The van der Waals surface area contributed by atoms with Crippen LogP contribution in [0.1, 0.15) is 25.0 Å². The topological polar surface area (TPSA) is 82.1 Å². The highest BCUT2D eigenvalue weighted by Gasteiger charge is 2.12. The van der Waals surface area contributed by atoms with E-state index >= 15 is 0 Å². The van der Waals surface area contributed by atoms with Crippen molar-refractivity contribution in [1.29, 1.82) is 0 Å². The SMILES string of the molecule is CCN(CC)CC(O)Cc1ccccc1CC(N)=NO.Cl.Cl. The fraction of sp³-hybridized carbons (Fsp3) is 0.533. The van der Waals surface area contributed by atoms with Gasteiger partial charge in [0.15, 0.2) is 0 Å². The number of hydrogen-bond donors (Lipinski definition) is 3. The van der Waals surface area contributed by atoms with Crippen LogP contribution in [0.15, 0.2) is 29.4 Å². The van der Waals surface area contributed by atoms with Gasteiger partial charge in [0.25, 0.3) is 0 Å². The van der Waals surface area contributed by atoms with Crippen LogP contribution in [-0.4, -0.2) is 46.8 Å². The number of aliphatic hydroxyl groups is 1. The Kier molecular flexibility index (Phi) is 13.2. The van der Waals surface area contributed by atoms with E-state index < -0.39 is 6.10 Å². The van der Waals surface area contributed by atoms with Crippen LogP contribution < -0.4 is 5.73 Å². The lowest BCUT2D eigenvalue weighted by Crippen LogP contribution is -2.33. The number of hydrogen-bond acceptors (Lipinski definition) is 4. The van der Waals surface area contributed by atoms with E-state index in [1.807, 2.05) is 24.3 Å². The summed E-state index contributed by atoms with van der Waals surface area (Å²) < 4.78 is 0. The third-order valence-corrected chi connectivity index (χ3v) is 3.44. The lowest BCUT2D eigenvalue weighted by molar-refractivity contribution is 0.118. The molecule has 0 aliphatic rings. The molecule has 7 heteroatoms. The fourth-order valence-electron chi connectivity index (χ4n) is 2.26. The zero-order valence-electron chi connectivity index (χ0n) is 13.1. The monoisotopic (exact) mass is 351 g/mol. The van der Waals surface area contributed by atoms with Crippen molar-refractivity contribution >= 4 is 30.6 Å². The molecule has 0 aromatic heterocycles. The average molecular weight is 352 g/mol. The summed E-state index contributed by atoms with van der Waals surface area (Å²) >= 11 is 0. The zero-order chi connectivity index (χ0) is 15.0. The second-order valence-electron chi connectivity index (χ2n) is 4.88. The number of amidine groups is 1. The van der Waals surface area contributed by atoms with E-state index in [-0.39, 0.29) is 30.6 Å². The van der Waals surface area contributed by atoms with E-state index in [1.54, 1.807) is 0 Å². The molecule has 0 aliphatic heterocycles. The number of nitrogens with two attached hydrogens (primary N) is 1. The fourth-order valence-corrected chi connectivity index (χ4v) is 2.26. The van der Waals surface area contributed by atoms with E-state index in [4.69, 9.17) is 10.9 Å². The van der Waals surface area contributed by atoms with Crippen LogP contribution in [0.5, 0.6) is 0 Å². The summed E-state index contributed by atoms with van der Waals surface area (Å²) in [6, 6.07) is 7.78. The molecule has 0 fully saturated rings. The Bertz CT molecular complexity index is 441. The van der Waals surface area contributed by atoms with Gasteiger partial charge in [0.2, 0.25) is 0 Å². The Morgan fingerprint density at radius 3 is 2.23 bits per heavy atom. The highest BCUT2D eigenvalue weighted by atomic mass is 35.5. The number of likely N-dealkylation sites (N-methyl/N-ethyl adjacent to an activating group) is 1. The van der Waals surface area contributed by atoms with Gasteiger partial charge in [-0.3, -0.25) is 0 Å². The molecule has 0 spiro atoms. The van der Waals surface area contributed by atoms with E-state index in [9.17, 15) is 5.11 Å². The van der Waals surface area contributed by atoms with Crippen molar-refractivity contribution in [2.75, 3.05) is 19.6 Å². The zero-order valence-corrected chi connectivity index (χ0v) is 14.7. The quantitative estimate of drug-likeness (QED) is 0.290. The van der Waals surface area contributed by atoms with Crippen LogP contribution in [-0.2, 0) is 12.8 Å². The van der Waals surface area contributed by atoms with Gasteiger partial charge < -0.3 is 20.9 Å². The Balaban J connectivity index is 0. The van der Waals surface area contributed by atoms with E-state index in [0.29, 0.717) is 19.4 Å². The van der Waals surface area contributed by atoms with Gasteiger partial charge in [-0.15, -0.1) is 24.8 Å². The van der Waals surface area contributed by atoms with E-state index in [0.717, 1.165) is 24.2 Å². The highest BCUT2D eigenvalue weighted by Crippen LogP contribution is 2.13. The summed E-state index contributed by atoms with van der Waals surface area (Å²) in [5.74, 6) is 0.177.